The highest BCUT2D eigenvalue weighted by Gasteiger charge is 2.23. The van der Waals surface area contributed by atoms with Crippen LogP contribution in [0.15, 0.2) is 78.9 Å². The Labute approximate surface area is 182 Å². The van der Waals surface area contributed by atoms with E-state index in [1.807, 2.05) is 79.7 Å². The van der Waals surface area contributed by atoms with Crippen molar-refractivity contribution in [2.24, 2.45) is 0 Å². The second-order valence-corrected chi connectivity index (χ2v) is 7.14. The minimum absolute atomic E-state index is 0.123. The monoisotopic (exact) mass is 418 g/mol. The van der Waals surface area contributed by atoms with Gasteiger partial charge >= 0.3 is 6.09 Å². The Morgan fingerprint density at radius 3 is 2.19 bits per heavy atom. The molecular formula is C25H26N2O4. The van der Waals surface area contributed by atoms with Crippen LogP contribution in [0.5, 0.6) is 5.75 Å². The summed E-state index contributed by atoms with van der Waals surface area (Å²) in [5, 5.41) is 5.56. The fraction of sp³-hybridized carbons (Fsp3) is 0.200. The summed E-state index contributed by atoms with van der Waals surface area (Å²) >= 11 is 0. The van der Waals surface area contributed by atoms with Gasteiger partial charge in [-0.25, -0.2) is 4.79 Å². The molecule has 0 bridgehead atoms. The van der Waals surface area contributed by atoms with Crippen molar-refractivity contribution >= 4 is 17.7 Å². The number of hydrogen-bond donors (Lipinski definition) is 2. The van der Waals surface area contributed by atoms with Crippen molar-refractivity contribution in [1.29, 1.82) is 0 Å². The highest BCUT2D eigenvalue weighted by molar-refractivity contribution is 5.98. The number of amides is 2. The van der Waals surface area contributed by atoms with Gasteiger partial charge in [0.1, 0.15) is 18.4 Å². The van der Waals surface area contributed by atoms with Crippen LogP contribution in [0.2, 0.25) is 0 Å². The summed E-state index contributed by atoms with van der Waals surface area (Å²) in [6.45, 7) is 2.05. The number of hydrogen-bond acceptors (Lipinski definition) is 4. The molecule has 0 heterocycles. The second-order valence-electron chi connectivity index (χ2n) is 7.14. The first-order valence-corrected chi connectivity index (χ1v) is 10.0. The largest absolute Gasteiger partial charge is 0.495 e. The molecule has 160 valence electrons. The molecular weight excluding hydrogens is 392 g/mol. The molecule has 0 aromatic heterocycles. The lowest BCUT2D eigenvalue weighted by Gasteiger charge is -2.19. The summed E-state index contributed by atoms with van der Waals surface area (Å²) in [5.74, 6) is 0.188. The SMILES string of the molecule is COc1ccc(C)cc1NC(=O)[C@H](Cc1ccccc1)NC(=O)OCc1ccccc1. The fourth-order valence-corrected chi connectivity index (χ4v) is 3.11. The second kappa shape index (κ2) is 10.8. The molecule has 0 spiro atoms. The van der Waals surface area contributed by atoms with Crippen molar-refractivity contribution in [3.8, 4) is 5.75 Å². The Bertz CT molecular complexity index is 1010. The van der Waals surface area contributed by atoms with E-state index in [4.69, 9.17) is 9.47 Å². The van der Waals surface area contributed by atoms with E-state index in [2.05, 4.69) is 10.6 Å². The first-order valence-electron chi connectivity index (χ1n) is 10.0. The van der Waals surface area contributed by atoms with Gasteiger partial charge in [-0.05, 0) is 35.7 Å². The molecule has 2 amide bonds. The molecule has 0 saturated carbocycles. The van der Waals surface area contributed by atoms with Gasteiger partial charge < -0.3 is 20.1 Å². The average molecular weight is 418 g/mol. The van der Waals surface area contributed by atoms with E-state index in [1.54, 1.807) is 13.2 Å². The molecule has 0 aliphatic rings. The zero-order valence-corrected chi connectivity index (χ0v) is 17.6. The van der Waals surface area contributed by atoms with Crippen molar-refractivity contribution in [1.82, 2.24) is 5.32 Å². The summed E-state index contributed by atoms with van der Waals surface area (Å²) in [4.78, 5) is 25.5. The van der Waals surface area contributed by atoms with Gasteiger partial charge in [0, 0.05) is 6.42 Å². The zero-order valence-electron chi connectivity index (χ0n) is 17.6. The van der Waals surface area contributed by atoms with Crippen LogP contribution in [0.4, 0.5) is 10.5 Å². The molecule has 6 nitrogen and oxygen atoms in total. The van der Waals surface area contributed by atoms with Gasteiger partial charge in [0.15, 0.2) is 0 Å². The number of anilines is 1. The van der Waals surface area contributed by atoms with Crippen molar-refractivity contribution in [3.63, 3.8) is 0 Å². The number of carbonyl (C=O) groups is 2. The quantitative estimate of drug-likeness (QED) is 0.566. The molecule has 3 rings (SSSR count). The van der Waals surface area contributed by atoms with E-state index >= 15 is 0 Å². The topological polar surface area (TPSA) is 76.7 Å². The molecule has 3 aromatic rings. The third kappa shape index (κ3) is 6.60. The molecule has 0 unspecified atom stereocenters. The van der Waals surface area contributed by atoms with Crippen molar-refractivity contribution < 1.29 is 19.1 Å². The third-order valence-corrected chi connectivity index (χ3v) is 4.72. The number of carbonyl (C=O) groups excluding carboxylic acids is 2. The number of benzene rings is 3. The molecule has 0 fully saturated rings. The molecule has 1 atom stereocenters. The van der Waals surface area contributed by atoms with Crippen LogP contribution in [0.3, 0.4) is 0 Å². The Hall–Kier alpha value is -3.80. The van der Waals surface area contributed by atoms with Gasteiger partial charge in [0.2, 0.25) is 5.91 Å². The first kappa shape index (κ1) is 21.9. The van der Waals surface area contributed by atoms with Crippen LogP contribution >= 0.6 is 0 Å². The lowest BCUT2D eigenvalue weighted by molar-refractivity contribution is -0.118. The summed E-state index contributed by atoms with van der Waals surface area (Å²) in [5.41, 5.74) is 3.31. The number of ether oxygens (including phenoxy) is 2. The summed E-state index contributed by atoms with van der Waals surface area (Å²) in [6.07, 6.45) is -0.336. The van der Waals surface area contributed by atoms with Crippen LogP contribution in [0.25, 0.3) is 0 Å². The van der Waals surface area contributed by atoms with Gasteiger partial charge in [0.05, 0.1) is 12.8 Å². The average Bonchev–Trinajstić information content (AvgIpc) is 2.79. The lowest BCUT2D eigenvalue weighted by Crippen LogP contribution is -2.45. The van der Waals surface area contributed by atoms with Crippen LogP contribution < -0.4 is 15.4 Å². The number of rotatable bonds is 8. The van der Waals surface area contributed by atoms with Crippen molar-refractivity contribution in [3.05, 3.63) is 95.6 Å². The fourth-order valence-electron chi connectivity index (χ4n) is 3.11. The summed E-state index contributed by atoms with van der Waals surface area (Å²) in [6, 6.07) is 23.6. The predicted molar refractivity (Wildman–Crippen MR) is 120 cm³/mol. The Morgan fingerprint density at radius 1 is 0.903 bits per heavy atom. The Kier molecular flexibility index (Phi) is 7.65. The van der Waals surface area contributed by atoms with Crippen LogP contribution in [0.1, 0.15) is 16.7 Å². The van der Waals surface area contributed by atoms with E-state index in [1.165, 1.54) is 0 Å². The minimum atomic E-state index is -0.823. The highest BCUT2D eigenvalue weighted by Crippen LogP contribution is 2.25. The van der Waals surface area contributed by atoms with E-state index < -0.39 is 12.1 Å². The number of aryl methyl sites for hydroxylation is 1. The molecule has 0 saturated heterocycles. The van der Waals surface area contributed by atoms with Crippen LogP contribution in [-0.4, -0.2) is 25.2 Å². The minimum Gasteiger partial charge on any atom is -0.495 e. The zero-order chi connectivity index (χ0) is 22.1. The smallest absolute Gasteiger partial charge is 0.408 e. The standard InChI is InChI=1S/C25H26N2O4/c1-18-13-14-23(30-2)21(15-18)26-24(28)22(16-19-9-5-3-6-10-19)27-25(29)31-17-20-11-7-4-8-12-20/h3-15,22H,16-17H2,1-2H3,(H,26,28)(H,27,29)/t22-/m0/s1. The molecule has 0 aliphatic carbocycles. The maximum Gasteiger partial charge on any atom is 0.408 e. The van der Waals surface area contributed by atoms with Gasteiger partial charge in [0.25, 0.3) is 0 Å². The number of methoxy groups -OCH3 is 1. The van der Waals surface area contributed by atoms with E-state index in [9.17, 15) is 9.59 Å². The van der Waals surface area contributed by atoms with Gasteiger partial charge in [-0.3, -0.25) is 4.79 Å². The van der Waals surface area contributed by atoms with Crippen molar-refractivity contribution in [2.75, 3.05) is 12.4 Å². The molecule has 31 heavy (non-hydrogen) atoms. The van der Waals surface area contributed by atoms with E-state index in [0.29, 0.717) is 17.9 Å². The first-order chi connectivity index (χ1) is 15.0. The van der Waals surface area contributed by atoms with Gasteiger partial charge in [-0.2, -0.15) is 0 Å². The summed E-state index contributed by atoms with van der Waals surface area (Å²) in [7, 11) is 1.54. The van der Waals surface area contributed by atoms with Gasteiger partial charge in [-0.1, -0.05) is 66.7 Å². The predicted octanol–water partition coefficient (Wildman–Crippen LogP) is 4.48. The van der Waals surface area contributed by atoms with Crippen LogP contribution in [0, 0.1) is 6.92 Å². The van der Waals surface area contributed by atoms with E-state index in [-0.39, 0.29) is 12.5 Å². The van der Waals surface area contributed by atoms with E-state index in [0.717, 1.165) is 16.7 Å². The summed E-state index contributed by atoms with van der Waals surface area (Å²) < 4.78 is 10.6. The number of nitrogens with one attached hydrogen (secondary N) is 2. The number of alkyl carbamates (subject to hydrolysis) is 1. The maximum atomic E-state index is 13.1. The highest BCUT2D eigenvalue weighted by atomic mass is 16.5. The third-order valence-electron chi connectivity index (χ3n) is 4.72. The molecule has 3 aromatic carbocycles. The Balaban J connectivity index is 1.71. The lowest BCUT2D eigenvalue weighted by atomic mass is 10.1. The maximum absolute atomic E-state index is 13.1. The molecule has 2 N–H and O–H groups in total. The molecule has 0 radical (unpaired) electrons. The van der Waals surface area contributed by atoms with Gasteiger partial charge in [-0.15, -0.1) is 0 Å². The molecule has 0 aliphatic heterocycles. The normalized spacial score (nSPS) is 11.3. The Morgan fingerprint density at radius 2 is 1.55 bits per heavy atom. The van der Waals surface area contributed by atoms with Crippen LogP contribution in [-0.2, 0) is 22.6 Å². The van der Waals surface area contributed by atoms with Crippen molar-refractivity contribution in [2.45, 2.75) is 26.0 Å². The molecule has 6 heteroatoms.